The molecular weight excluding hydrogens is 262 g/mol. The average molecular weight is 297 g/mol. The first-order valence-electron chi connectivity index (χ1n) is 8.80. The molecule has 1 heterocycles. The van der Waals surface area contributed by atoms with E-state index in [4.69, 9.17) is 0 Å². The Morgan fingerprint density at radius 3 is 2.57 bits per heavy atom. The van der Waals surface area contributed by atoms with Gasteiger partial charge in [0.2, 0.25) is 5.91 Å². The molecule has 1 saturated heterocycles. The first kappa shape index (κ1) is 18.4. The Balaban J connectivity index is 2.64. The number of carbonyl (C=O) groups is 1. The van der Waals surface area contributed by atoms with Crippen molar-refractivity contribution in [2.24, 2.45) is 0 Å². The van der Waals surface area contributed by atoms with Gasteiger partial charge in [-0.05, 0) is 59.5 Å². The van der Waals surface area contributed by atoms with E-state index in [0.29, 0.717) is 12.1 Å². The summed E-state index contributed by atoms with van der Waals surface area (Å²) in [6.45, 7) is 12.8. The Hall–Kier alpha value is -0.610. The zero-order chi connectivity index (χ0) is 15.8. The first-order valence-corrected chi connectivity index (χ1v) is 8.80. The van der Waals surface area contributed by atoms with Gasteiger partial charge in [-0.15, -0.1) is 0 Å². The largest absolute Gasteiger partial charge is 0.352 e. The highest BCUT2D eigenvalue weighted by Crippen LogP contribution is 2.22. The highest BCUT2D eigenvalue weighted by molar-refractivity contribution is 5.81. The second kappa shape index (κ2) is 9.42. The number of hydrogen-bond donors (Lipinski definition) is 2. The molecule has 1 aliphatic heterocycles. The summed E-state index contributed by atoms with van der Waals surface area (Å²) in [7, 11) is 0. The molecule has 0 aromatic rings. The highest BCUT2D eigenvalue weighted by atomic mass is 16.2. The molecule has 1 fully saturated rings. The molecule has 0 radical (unpaired) electrons. The van der Waals surface area contributed by atoms with Crippen LogP contribution in [-0.2, 0) is 4.79 Å². The number of amides is 1. The molecule has 0 aromatic heterocycles. The number of likely N-dealkylation sites (tertiary alicyclic amines) is 1. The van der Waals surface area contributed by atoms with Crippen molar-refractivity contribution in [3.05, 3.63) is 0 Å². The summed E-state index contributed by atoms with van der Waals surface area (Å²) in [5, 5.41) is 6.73. The van der Waals surface area contributed by atoms with E-state index in [2.05, 4.69) is 50.2 Å². The summed E-state index contributed by atoms with van der Waals surface area (Å²) in [5.41, 5.74) is 0. The fourth-order valence-electron chi connectivity index (χ4n) is 3.12. The Labute approximate surface area is 131 Å². The van der Waals surface area contributed by atoms with Crippen LogP contribution in [-0.4, -0.2) is 48.1 Å². The number of hydrogen-bond acceptors (Lipinski definition) is 3. The lowest BCUT2D eigenvalue weighted by molar-refractivity contribution is -0.128. The Bertz CT molecular complexity index is 308. The maximum atomic E-state index is 12.4. The van der Waals surface area contributed by atoms with Crippen molar-refractivity contribution in [3.63, 3.8) is 0 Å². The van der Waals surface area contributed by atoms with Gasteiger partial charge in [0, 0.05) is 18.1 Å². The van der Waals surface area contributed by atoms with Gasteiger partial charge in [-0.2, -0.15) is 0 Å². The molecule has 4 atom stereocenters. The Morgan fingerprint density at radius 2 is 1.95 bits per heavy atom. The van der Waals surface area contributed by atoms with Gasteiger partial charge in [0.1, 0.15) is 0 Å². The quantitative estimate of drug-likeness (QED) is 0.723. The van der Waals surface area contributed by atoms with E-state index in [0.717, 1.165) is 25.9 Å². The maximum Gasteiger partial charge on any atom is 0.237 e. The van der Waals surface area contributed by atoms with Crippen molar-refractivity contribution >= 4 is 5.91 Å². The van der Waals surface area contributed by atoms with Crippen LogP contribution in [0.5, 0.6) is 0 Å². The molecule has 0 bridgehead atoms. The van der Waals surface area contributed by atoms with Crippen LogP contribution in [0.4, 0.5) is 0 Å². The normalized spacial score (nSPS) is 24.3. The second-order valence-electron chi connectivity index (χ2n) is 6.54. The van der Waals surface area contributed by atoms with Crippen LogP contribution in [0.3, 0.4) is 0 Å². The number of nitrogens with zero attached hydrogens (tertiary/aromatic N) is 1. The van der Waals surface area contributed by atoms with Gasteiger partial charge in [-0.25, -0.2) is 0 Å². The summed E-state index contributed by atoms with van der Waals surface area (Å²) in [4.78, 5) is 14.8. The van der Waals surface area contributed by atoms with E-state index in [1.807, 2.05) is 0 Å². The number of nitrogens with one attached hydrogen (secondary N) is 2. The van der Waals surface area contributed by atoms with Crippen LogP contribution in [0.25, 0.3) is 0 Å². The molecule has 1 amide bonds. The number of piperidine rings is 1. The van der Waals surface area contributed by atoms with Crippen LogP contribution in [0, 0.1) is 0 Å². The zero-order valence-corrected chi connectivity index (χ0v) is 14.6. The predicted molar refractivity (Wildman–Crippen MR) is 89.5 cm³/mol. The molecule has 0 aromatic carbocycles. The fourth-order valence-corrected chi connectivity index (χ4v) is 3.12. The van der Waals surface area contributed by atoms with Crippen LogP contribution >= 0.6 is 0 Å². The monoisotopic (exact) mass is 297 g/mol. The molecule has 124 valence electrons. The molecule has 4 unspecified atom stereocenters. The van der Waals surface area contributed by atoms with Gasteiger partial charge in [0.25, 0.3) is 0 Å². The minimum Gasteiger partial charge on any atom is -0.352 e. The number of rotatable bonds is 8. The maximum absolute atomic E-state index is 12.4. The second-order valence-corrected chi connectivity index (χ2v) is 6.54. The lowest BCUT2D eigenvalue weighted by atomic mass is 9.94. The van der Waals surface area contributed by atoms with E-state index in [-0.39, 0.29) is 18.0 Å². The molecule has 4 nitrogen and oxygen atoms in total. The first-order chi connectivity index (χ1) is 10.0. The molecule has 0 aliphatic carbocycles. The third-order valence-electron chi connectivity index (χ3n) is 4.76. The third-order valence-corrected chi connectivity index (χ3v) is 4.76. The minimum atomic E-state index is -0.0322. The van der Waals surface area contributed by atoms with Gasteiger partial charge < -0.3 is 10.6 Å². The summed E-state index contributed by atoms with van der Waals surface area (Å²) in [6, 6.07) is 1.15. The van der Waals surface area contributed by atoms with Gasteiger partial charge >= 0.3 is 0 Å². The lowest BCUT2D eigenvalue weighted by Gasteiger charge is -2.42. The molecule has 0 saturated carbocycles. The fraction of sp³-hybridized carbons (Fsp3) is 0.941. The smallest absolute Gasteiger partial charge is 0.237 e. The van der Waals surface area contributed by atoms with E-state index in [9.17, 15) is 4.79 Å². The topological polar surface area (TPSA) is 44.4 Å². The molecule has 2 N–H and O–H groups in total. The van der Waals surface area contributed by atoms with Crippen molar-refractivity contribution < 1.29 is 4.79 Å². The van der Waals surface area contributed by atoms with E-state index in [1.54, 1.807) is 0 Å². The summed E-state index contributed by atoms with van der Waals surface area (Å²) >= 11 is 0. The summed E-state index contributed by atoms with van der Waals surface area (Å²) in [6.07, 6.45) is 5.81. The zero-order valence-electron chi connectivity index (χ0n) is 14.6. The van der Waals surface area contributed by atoms with Crippen LogP contribution in [0.15, 0.2) is 0 Å². The summed E-state index contributed by atoms with van der Waals surface area (Å²) < 4.78 is 0. The van der Waals surface area contributed by atoms with Gasteiger partial charge in [0.05, 0.1) is 6.04 Å². The SMILES string of the molecule is CCCNC(C)C1CCCCN1C(C)C(=O)NC(C)CC. The summed E-state index contributed by atoms with van der Waals surface area (Å²) in [5.74, 6) is 0.180. The van der Waals surface area contributed by atoms with Crippen molar-refractivity contribution in [1.29, 1.82) is 0 Å². The molecular formula is C17H35N3O. The van der Waals surface area contributed by atoms with Gasteiger partial charge in [-0.3, -0.25) is 9.69 Å². The van der Waals surface area contributed by atoms with Crippen molar-refractivity contribution in [1.82, 2.24) is 15.5 Å². The molecule has 1 aliphatic rings. The Kier molecular flexibility index (Phi) is 8.27. The average Bonchev–Trinajstić information content (AvgIpc) is 2.51. The number of carbonyl (C=O) groups excluding carboxylic acids is 1. The van der Waals surface area contributed by atoms with Crippen molar-refractivity contribution in [2.75, 3.05) is 13.1 Å². The molecule has 1 rings (SSSR count). The molecule has 21 heavy (non-hydrogen) atoms. The Morgan fingerprint density at radius 1 is 1.24 bits per heavy atom. The van der Waals surface area contributed by atoms with Gasteiger partial charge in [-0.1, -0.05) is 20.3 Å². The molecule has 4 heteroatoms. The van der Waals surface area contributed by atoms with Crippen LogP contribution < -0.4 is 10.6 Å². The van der Waals surface area contributed by atoms with E-state index < -0.39 is 0 Å². The van der Waals surface area contributed by atoms with E-state index >= 15 is 0 Å². The van der Waals surface area contributed by atoms with Crippen LogP contribution in [0.1, 0.15) is 66.7 Å². The predicted octanol–water partition coefficient (Wildman–Crippen LogP) is 2.53. The lowest BCUT2D eigenvalue weighted by Crippen LogP contribution is -2.58. The van der Waals surface area contributed by atoms with Crippen molar-refractivity contribution in [3.8, 4) is 0 Å². The van der Waals surface area contributed by atoms with Gasteiger partial charge in [0.15, 0.2) is 0 Å². The standard InChI is InChI=1S/C17H35N3O/c1-6-11-18-14(4)16-10-8-9-12-20(16)15(5)17(21)19-13(3)7-2/h13-16,18H,6-12H2,1-5H3,(H,19,21). The van der Waals surface area contributed by atoms with E-state index in [1.165, 1.54) is 19.3 Å². The highest BCUT2D eigenvalue weighted by Gasteiger charge is 2.33. The van der Waals surface area contributed by atoms with Crippen molar-refractivity contribution in [2.45, 2.75) is 90.9 Å². The molecule has 0 spiro atoms. The van der Waals surface area contributed by atoms with Crippen LogP contribution in [0.2, 0.25) is 0 Å². The minimum absolute atomic E-state index is 0.0322. The third kappa shape index (κ3) is 5.59.